The number of hydrogen-bond donors (Lipinski definition) is 1. The van der Waals surface area contributed by atoms with Gasteiger partial charge in [0.2, 0.25) is 5.91 Å². The maximum absolute atomic E-state index is 12.5. The van der Waals surface area contributed by atoms with Crippen LogP contribution < -0.4 is 5.32 Å². The van der Waals surface area contributed by atoms with Crippen molar-refractivity contribution >= 4 is 11.8 Å². The van der Waals surface area contributed by atoms with Gasteiger partial charge in [0.25, 0.3) is 5.91 Å². The predicted octanol–water partition coefficient (Wildman–Crippen LogP) is 1.97. The van der Waals surface area contributed by atoms with Crippen molar-refractivity contribution in [2.75, 3.05) is 20.1 Å². The van der Waals surface area contributed by atoms with Crippen LogP contribution in [-0.2, 0) is 4.79 Å². The van der Waals surface area contributed by atoms with Gasteiger partial charge in [-0.05, 0) is 38.3 Å². The molecule has 1 aliphatic heterocycles. The molecule has 5 nitrogen and oxygen atoms in total. The number of carbonyl (C=O) groups is 2. The van der Waals surface area contributed by atoms with E-state index in [1.54, 1.807) is 13.1 Å². The number of furan rings is 1. The van der Waals surface area contributed by atoms with Gasteiger partial charge in [-0.1, -0.05) is 6.42 Å². The molecule has 5 heteroatoms. The SMILES string of the molecule is CNC(=O)[C@H]1CCC[C@]12CCN(C(=O)c1ccc(C)o1)C2. The molecule has 1 saturated heterocycles. The fourth-order valence-electron chi connectivity index (χ4n) is 3.99. The molecule has 1 spiro atoms. The zero-order valence-corrected chi connectivity index (χ0v) is 12.6. The Morgan fingerprint density at radius 3 is 2.86 bits per heavy atom. The number of rotatable bonds is 2. The minimum absolute atomic E-state index is 0.0304. The molecule has 1 aliphatic carbocycles. The normalized spacial score (nSPS) is 28.3. The van der Waals surface area contributed by atoms with Gasteiger partial charge in [-0.15, -0.1) is 0 Å². The van der Waals surface area contributed by atoms with Crippen LogP contribution in [0.5, 0.6) is 0 Å². The molecule has 1 aromatic heterocycles. The monoisotopic (exact) mass is 290 g/mol. The summed E-state index contributed by atoms with van der Waals surface area (Å²) in [5, 5.41) is 2.78. The van der Waals surface area contributed by atoms with Crippen molar-refractivity contribution < 1.29 is 14.0 Å². The number of aryl methyl sites for hydroxylation is 1. The van der Waals surface area contributed by atoms with Gasteiger partial charge in [-0.2, -0.15) is 0 Å². The van der Waals surface area contributed by atoms with E-state index in [0.717, 1.165) is 31.4 Å². The number of carbonyl (C=O) groups excluding carboxylic acids is 2. The van der Waals surface area contributed by atoms with Gasteiger partial charge in [0.05, 0.1) is 0 Å². The van der Waals surface area contributed by atoms with Crippen LogP contribution in [0.25, 0.3) is 0 Å². The van der Waals surface area contributed by atoms with E-state index >= 15 is 0 Å². The molecule has 2 atom stereocenters. The topological polar surface area (TPSA) is 62.6 Å². The molecule has 3 rings (SSSR count). The van der Waals surface area contributed by atoms with E-state index in [4.69, 9.17) is 4.42 Å². The zero-order chi connectivity index (χ0) is 15.0. The van der Waals surface area contributed by atoms with E-state index < -0.39 is 0 Å². The van der Waals surface area contributed by atoms with Crippen LogP contribution in [0.1, 0.15) is 42.0 Å². The number of nitrogens with zero attached hydrogens (tertiary/aromatic N) is 1. The first kappa shape index (κ1) is 14.2. The van der Waals surface area contributed by atoms with Gasteiger partial charge < -0.3 is 14.6 Å². The first-order valence-electron chi connectivity index (χ1n) is 7.63. The molecule has 0 radical (unpaired) electrons. The van der Waals surface area contributed by atoms with Gasteiger partial charge in [0.15, 0.2) is 5.76 Å². The molecule has 0 aromatic carbocycles. The number of likely N-dealkylation sites (tertiary alicyclic amines) is 1. The second-order valence-corrected chi connectivity index (χ2v) is 6.31. The van der Waals surface area contributed by atoms with Crippen LogP contribution in [0.3, 0.4) is 0 Å². The van der Waals surface area contributed by atoms with Crippen LogP contribution in [0.4, 0.5) is 0 Å². The molecule has 1 saturated carbocycles. The molecule has 0 unspecified atom stereocenters. The van der Waals surface area contributed by atoms with Crippen LogP contribution in [-0.4, -0.2) is 36.9 Å². The van der Waals surface area contributed by atoms with Gasteiger partial charge in [0, 0.05) is 31.5 Å². The molecular formula is C16H22N2O3. The summed E-state index contributed by atoms with van der Waals surface area (Å²) in [5.41, 5.74) is -0.0304. The highest BCUT2D eigenvalue weighted by molar-refractivity contribution is 5.92. The Bertz CT molecular complexity index is 566. The van der Waals surface area contributed by atoms with Gasteiger partial charge in [-0.25, -0.2) is 0 Å². The number of hydrogen-bond acceptors (Lipinski definition) is 3. The first-order valence-corrected chi connectivity index (χ1v) is 7.63. The van der Waals surface area contributed by atoms with E-state index in [1.807, 2.05) is 17.9 Å². The second-order valence-electron chi connectivity index (χ2n) is 6.31. The Labute approximate surface area is 124 Å². The van der Waals surface area contributed by atoms with Crippen molar-refractivity contribution in [2.24, 2.45) is 11.3 Å². The van der Waals surface area contributed by atoms with Crippen molar-refractivity contribution in [3.05, 3.63) is 23.7 Å². The van der Waals surface area contributed by atoms with E-state index in [-0.39, 0.29) is 23.1 Å². The summed E-state index contributed by atoms with van der Waals surface area (Å²) in [6.07, 6.45) is 3.95. The second kappa shape index (κ2) is 5.20. The van der Waals surface area contributed by atoms with E-state index in [2.05, 4.69) is 5.32 Å². The Morgan fingerprint density at radius 2 is 2.19 bits per heavy atom. The lowest BCUT2D eigenvalue weighted by Gasteiger charge is -2.30. The lowest BCUT2D eigenvalue weighted by atomic mass is 9.76. The Morgan fingerprint density at radius 1 is 1.38 bits per heavy atom. The minimum Gasteiger partial charge on any atom is -0.456 e. The molecule has 114 valence electrons. The van der Waals surface area contributed by atoms with Crippen molar-refractivity contribution in [1.82, 2.24) is 10.2 Å². The molecule has 1 aromatic rings. The maximum atomic E-state index is 12.5. The van der Waals surface area contributed by atoms with E-state index in [1.165, 1.54) is 0 Å². The average Bonchev–Trinajstić information content (AvgIpc) is 3.19. The summed E-state index contributed by atoms with van der Waals surface area (Å²) in [6, 6.07) is 3.54. The van der Waals surface area contributed by atoms with Gasteiger partial charge in [-0.3, -0.25) is 9.59 Å². The number of amides is 2. The summed E-state index contributed by atoms with van der Waals surface area (Å²) < 4.78 is 5.43. The van der Waals surface area contributed by atoms with E-state index in [0.29, 0.717) is 18.8 Å². The molecule has 1 N–H and O–H groups in total. The highest BCUT2D eigenvalue weighted by Gasteiger charge is 2.51. The molecule has 2 aliphatic rings. The number of nitrogens with one attached hydrogen (secondary N) is 1. The van der Waals surface area contributed by atoms with Crippen molar-refractivity contribution in [3.8, 4) is 0 Å². The quantitative estimate of drug-likeness (QED) is 0.905. The Hall–Kier alpha value is -1.78. The minimum atomic E-state index is -0.0532. The van der Waals surface area contributed by atoms with Crippen molar-refractivity contribution in [2.45, 2.75) is 32.6 Å². The average molecular weight is 290 g/mol. The van der Waals surface area contributed by atoms with Crippen LogP contribution in [0.2, 0.25) is 0 Å². The zero-order valence-electron chi connectivity index (χ0n) is 12.6. The Kier molecular flexibility index (Phi) is 3.51. The largest absolute Gasteiger partial charge is 0.456 e. The lowest BCUT2D eigenvalue weighted by molar-refractivity contribution is -0.127. The highest BCUT2D eigenvalue weighted by Crippen LogP contribution is 2.50. The summed E-state index contributed by atoms with van der Waals surface area (Å²) in [6.45, 7) is 3.22. The third-order valence-corrected chi connectivity index (χ3v) is 5.09. The predicted molar refractivity (Wildman–Crippen MR) is 77.8 cm³/mol. The third kappa shape index (κ3) is 2.34. The van der Waals surface area contributed by atoms with Crippen molar-refractivity contribution in [3.63, 3.8) is 0 Å². The van der Waals surface area contributed by atoms with Crippen LogP contribution in [0.15, 0.2) is 16.5 Å². The van der Waals surface area contributed by atoms with Gasteiger partial charge in [0.1, 0.15) is 5.76 Å². The molecule has 0 bridgehead atoms. The summed E-state index contributed by atoms with van der Waals surface area (Å²) in [4.78, 5) is 26.4. The fraction of sp³-hybridized carbons (Fsp3) is 0.625. The smallest absolute Gasteiger partial charge is 0.289 e. The summed E-state index contributed by atoms with van der Waals surface area (Å²) in [5.74, 6) is 1.26. The molecular weight excluding hydrogens is 268 g/mol. The van der Waals surface area contributed by atoms with Crippen molar-refractivity contribution in [1.29, 1.82) is 0 Å². The van der Waals surface area contributed by atoms with E-state index in [9.17, 15) is 9.59 Å². The van der Waals surface area contributed by atoms with Gasteiger partial charge >= 0.3 is 0 Å². The molecule has 2 fully saturated rings. The third-order valence-electron chi connectivity index (χ3n) is 5.09. The van der Waals surface area contributed by atoms with Crippen LogP contribution >= 0.6 is 0 Å². The van der Waals surface area contributed by atoms with Crippen LogP contribution in [0, 0.1) is 18.3 Å². The fourth-order valence-corrected chi connectivity index (χ4v) is 3.99. The first-order chi connectivity index (χ1) is 10.1. The maximum Gasteiger partial charge on any atom is 0.289 e. The Balaban J connectivity index is 1.75. The highest BCUT2D eigenvalue weighted by atomic mass is 16.3. The lowest BCUT2D eigenvalue weighted by Crippen LogP contribution is -2.40. The molecule has 21 heavy (non-hydrogen) atoms. The molecule has 2 amide bonds. The standard InChI is InChI=1S/C16H22N2O3/c1-11-5-6-13(21-11)15(20)18-9-8-16(10-18)7-3-4-12(16)14(19)17-2/h5-6,12H,3-4,7-10H2,1-2H3,(H,17,19)/t12-,16-/m1/s1. The summed E-state index contributed by atoms with van der Waals surface area (Å²) >= 11 is 0. The molecule has 2 heterocycles. The summed E-state index contributed by atoms with van der Waals surface area (Å²) in [7, 11) is 1.69.